The van der Waals surface area contributed by atoms with Crippen molar-refractivity contribution in [2.24, 2.45) is 0 Å². The van der Waals surface area contributed by atoms with Crippen molar-refractivity contribution in [3.63, 3.8) is 0 Å². The number of fused-ring (bicyclic) bond motifs is 1. The molecular formula is C20H19N3OS2. The Labute approximate surface area is 161 Å². The summed E-state index contributed by atoms with van der Waals surface area (Å²) in [5.74, 6) is -0.154. The van der Waals surface area contributed by atoms with Gasteiger partial charge in [-0.25, -0.2) is 9.97 Å². The zero-order chi connectivity index (χ0) is 17.9. The van der Waals surface area contributed by atoms with Crippen LogP contribution in [0.15, 0.2) is 52.5 Å². The molecule has 2 heterocycles. The molecule has 0 bridgehead atoms. The quantitative estimate of drug-likeness (QED) is 0.681. The molecule has 26 heavy (non-hydrogen) atoms. The molecule has 3 aromatic rings. The number of hydrogen-bond acceptors (Lipinski definition) is 5. The van der Waals surface area contributed by atoms with Crippen molar-refractivity contribution in [3.8, 4) is 0 Å². The number of carbonyl (C=O) groups excluding carboxylic acids is 1. The van der Waals surface area contributed by atoms with Crippen molar-refractivity contribution >= 4 is 34.1 Å². The summed E-state index contributed by atoms with van der Waals surface area (Å²) in [6.45, 7) is 2.06. The first kappa shape index (κ1) is 17.2. The number of aryl methyl sites for hydroxylation is 3. The first-order valence-corrected chi connectivity index (χ1v) is 10.3. The highest BCUT2D eigenvalue weighted by Crippen LogP contribution is 2.32. The molecule has 1 aliphatic rings. The van der Waals surface area contributed by atoms with Crippen LogP contribution in [0.25, 0.3) is 0 Å². The second-order valence-electron chi connectivity index (χ2n) is 6.32. The van der Waals surface area contributed by atoms with Crippen molar-refractivity contribution in [1.82, 2.24) is 9.97 Å². The number of nitrogens with one attached hydrogen (secondary N) is 1. The molecule has 0 saturated heterocycles. The van der Waals surface area contributed by atoms with E-state index in [1.165, 1.54) is 35.0 Å². The molecule has 0 aliphatic heterocycles. The fraction of sp³-hybridized carbons (Fsp3) is 0.250. The third-order valence-corrected chi connectivity index (χ3v) is 6.42. The van der Waals surface area contributed by atoms with Crippen molar-refractivity contribution in [2.45, 2.75) is 42.5 Å². The van der Waals surface area contributed by atoms with Gasteiger partial charge in [0.2, 0.25) is 0 Å². The van der Waals surface area contributed by atoms with Crippen LogP contribution in [0.4, 0.5) is 5.13 Å². The Bertz CT molecular complexity index is 911. The summed E-state index contributed by atoms with van der Waals surface area (Å²) in [7, 11) is 0. The Hall–Kier alpha value is -2.18. The van der Waals surface area contributed by atoms with Crippen molar-refractivity contribution in [2.75, 3.05) is 5.32 Å². The molecule has 2 aromatic heterocycles. The zero-order valence-corrected chi connectivity index (χ0v) is 16.1. The number of aromatic nitrogens is 2. The zero-order valence-electron chi connectivity index (χ0n) is 14.5. The highest BCUT2D eigenvalue weighted by Gasteiger charge is 2.19. The summed E-state index contributed by atoms with van der Waals surface area (Å²) in [6, 6.07) is 11.8. The van der Waals surface area contributed by atoms with Gasteiger partial charge < -0.3 is 0 Å². The predicted octanol–water partition coefficient (Wildman–Crippen LogP) is 5.13. The maximum Gasteiger partial charge on any atom is 0.260 e. The number of carbonyl (C=O) groups is 1. The molecule has 1 aromatic carbocycles. The Balaban J connectivity index is 1.54. The molecular weight excluding hydrogens is 362 g/mol. The SMILES string of the molecule is Cc1ccc(Sc2ncccc2C(=O)Nc2nc3c(s2)CCCC3)cc1. The van der Waals surface area contributed by atoms with E-state index in [1.807, 2.05) is 18.2 Å². The highest BCUT2D eigenvalue weighted by molar-refractivity contribution is 7.99. The summed E-state index contributed by atoms with van der Waals surface area (Å²) in [5.41, 5.74) is 2.93. The van der Waals surface area contributed by atoms with Gasteiger partial charge >= 0.3 is 0 Å². The minimum atomic E-state index is -0.154. The van der Waals surface area contributed by atoms with Crippen LogP contribution in [0.1, 0.15) is 39.3 Å². The van der Waals surface area contributed by atoms with E-state index in [9.17, 15) is 4.79 Å². The summed E-state index contributed by atoms with van der Waals surface area (Å²) in [5, 5.41) is 4.36. The lowest BCUT2D eigenvalue weighted by molar-refractivity contribution is 0.102. The number of benzene rings is 1. The predicted molar refractivity (Wildman–Crippen MR) is 106 cm³/mol. The molecule has 0 radical (unpaired) electrons. The van der Waals surface area contributed by atoms with E-state index in [2.05, 4.69) is 34.3 Å². The van der Waals surface area contributed by atoms with Crippen LogP contribution in [0.5, 0.6) is 0 Å². The lowest BCUT2D eigenvalue weighted by Crippen LogP contribution is -2.13. The number of pyridine rings is 1. The fourth-order valence-electron chi connectivity index (χ4n) is 2.93. The maximum absolute atomic E-state index is 12.8. The van der Waals surface area contributed by atoms with E-state index >= 15 is 0 Å². The third kappa shape index (κ3) is 3.81. The van der Waals surface area contributed by atoms with E-state index in [-0.39, 0.29) is 5.91 Å². The summed E-state index contributed by atoms with van der Waals surface area (Å²) < 4.78 is 0. The minimum absolute atomic E-state index is 0.154. The molecule has 1 N–H and O–H groups in total. The molecule has 132 valence electrons. The molecule has 0 saturated carbocycles. The second kappa shape index (κ2) is 7.60. The third-order valence-electron chi connectivity index (χ3n) is 4.32. The summed E-state index contributed by atoms with van der Waals surface area (Å²) in [6.07, 6.45) is 6.20. The standard InChI is InChI=1S/C20H19N3OS2/c1-13-8-10-14(11-9-13)25-19-15(5-4-12-21-19)18(24)23-20-22-16-6-2-3-7-17(16)26-20/h4-5,8-12H,2-3,6-7H2,1H3,(H,22,23,24). The number of hydrogen-bond donors (Lipinski definition) is 1. The molecule has 0 unspecified atom stereocenters. The first-order valence-electron chi connectivity index (χ1n) is 8.68. The van der Waals surface area contributed by atoms with Gasteiger partial charge in [-0.2, -0.15) is 0 Å². The molecule has 0 spiro atoms. The lowest BCUT2D eigenvalue weighted by Gasteiger charge is -2.07. The van der Waals surface area contributed by atoms with E-state index < -0.39 is 0 Å². The normalized spacial score (nSPS) is 13.3. The van der Waals surface area contributed by atoms with Crippen LogP contribution >= 0.6 is 23.1 Å². The van der Waals surface area contributed by atoms with Crippen LogP contribution in [-0.2, 0) is 12.8 Å². The van der Waals surface area contributed by atoms with Gasteiger partial charge in [0.25, 0.3) is 5.91 Å². The van der Waals surface area contributed by atoms with E-state index in [1.54, 1.807) is 23.6 Å². The lowest BCUT2D eigenvalue weighted by atomic mass is 10.0. The largest absolute Gasteiger partial charge is 0.298 e. The Morgan fingerprint density at radius 3 is 2.77 bits per heavy atom. The molecule has 0 fully saturated rings. The molecule has 1 aliphatic carbocycles. The molecule has 1 amide bonds. The van der Waals surface area contributed by atoms with Crippen LogP contribution in [-0.4, -0.2) is 15.9 Å². The second-order valence-corrected chi connectivity index (χ2v) is 8.47. The smallest absolute Gasteiger partial charge is 0.260 e. The van der Waals surface area contributed by atoms with Crippen LogP contribution < -0.4 is 5.32 Å². The average molecular weight is 382 g/mol. The Morgan fingerprint density at radius 1 is 1.15 bits per heavy atom. The van der Waals surface area contributed by atoms with Crippen molar-refractivity contribution in [3.05, 3.63) is 64.3 Å². The average Bonchev–Trinajstić information content (AvgIpc) is 3.06. The van der Waals surface area contributed by atoms with Gasteiger partial charge in [-0.15, -0.1) is 11.3 Å². The molecule has 0 atom stereocenters. The molecule has 6 heteroatoms. The number of thiazole rings is 1. The topological polar surface area (TPSA) is 54.9 Å². The minimum Gasteiger partial charge on any atom is -0.298 e. The first-order chi connectivity index (χ1) is 12.7. The van der Waals surface area contributed by atoms with Crippen LogP contribution in [0, 0.1) is 6.92 Å². The van der Waals surface area contributed by atoms with Gasteiger partial charge in [-0.05, 0) is 56.9 Å². The summed E-state index contributed by atoms with van der Waals surface area (Å²) >= 11 is 3.10. The number of anilines is 1. The van der Waals surface area contributed by atoms with E-state index in [0.29, 0.717) is 15.7 Å². The Morgan fingerprint density at radius 2 is 1.96 bits per heavy atom. The van der Waals surface area contributed by atoms with Gasteiger partial charge in [0.1, 0.15) is 5.03 Å². The maximum atomic E-state index is 12.8. The molecule has 4 rings (SSSR count). The number of amides is 1. The van der Waals surface area contributed by atoms with Crippen LogP contribution in [0.3, 0.4) is 0 Å². The summed E-state index contributed by atoms with van der Waals surface area (Å²) in [4.78, 5) is 24.2. The van der Waals surface area contributed by atoms with Crippen molar-refractivity contribution < 1.29 is 4.79 Å². The van der Waals surface area contributed by atoms with Crippen molar-refractivity contribution in [1.29, 1.82) is 0 Å². The fourth-order valence-corrected chi connectivity index (χ4v) is 4.86. The number of nitrogens with zero attached hydrogens (tertiary/aromatic N) is 2. The van der Waals surface area contributed by atoms with Gasteiger partial charge in [0.15, 0.2) is 5.13 Å². The van der Waals surface area contributed by atoms with Gasteiger partial charge in [0, 0.05) is 16.0 Å². The number of rotatable bonds is 4. The monoisotopic (exact) mass is 381 g/mol. The van der Waals surface area contributed by atoms with Gasteiger partial charge in [-0.1, -0.05) is 29.5 Å². The van der Waals surface area contributed by atoms with E-state index in [0.717, 1.165) is 23.4 Å². The van der Waals surface area contributed by atoms with Gasteiger partial charge in [-0.3, -0.25) is 10.1 Å². The highest BCUT2D eigenvalue weighted by atomic mass is 32.2. The Kier molecular flexibility index (Phi) is 5.04. The van der Waals surface area contributed by atoms with E-state index in [4.69, 9.17) is 0 Å². The van der Waals surface area contributed by atoms with Gasteiger partial charge in [0.05, 0.1) is 11.3 Å². The van der Waals surface area contributed by atoms with Crippen LogP contribution in [0.2, 0.25) is 0 Å². The molecule has 4 nitrogen and oxygen atoms in total.